The number of nitrogens with one attached hydrogen (secondary N) is 1. The molecule has 0 aliphatic heterocycles. The molecule has 0 radical (unpaired) electrons. The number of amides is 1. The van der Waals surface area contributed by atoms with Crippen LogP contribution in [0.25, 0.3) is 0 Å². The van der Waals surface area contributed by atoms with Crippen molar-refractivity contribution >= 4 is 11.9 Å². The van der Waals surface area contributed by atoms with E-state index in [4.69, 9.17) is 5.11 Å². The molecular formula is C15H19N3O3. The largest absolute Gasteiger partial charge is 0.481 e. The number of rotatable bonds is 5. The Bertz CT molecular complexity index is 611. The molecule has 4 rings (SSSR count). The van der Waals surface area contributed by atoms with Crippen molar-refractivity contribution in [2.45, 2.75) is 31.2 Å². The number of aliphatic carboxylic acids is 1. The zero-order valence-corrected chi connectivity index (χ0v) is 11.9. The Morgan fingerprint density at radius 3 is 2.71 bits per heavy atom. The number of carboxylic acid groups (broad SMARTS) is 1. The average molecular weight is 289 g/mol. The molecule has 1 aromatic heterocycles. The molecule has 1 heterocycles. The highest BCUT2D eigenvalue weighted by atomic mass is 16.4. The van der Waals surface area contributed by atoms with Gasteiger partial charge in [0, 0.05) is 36.8 Å². The van der Waals surface area contributed by atoms with Gasteiger partial charge < -0.3 is 10.4 Å². The summed E-state index contributed by atoms with van der Waals surface area (Å²) in [5.74, 6) is 0.319. The van der Waals surface area contributed by atoms with Crippen molar-refractivity contribution in [3.05, 3.63) is 18.0 Å². The zero-order chi connectivity index (χ0) is 14.7. The van der Waals surface area contributed by atoms with Crippen molar-refractivity contribution in [2.24, 2.45) is 30.7 Å². The third-order valence-electron chi connectivity index (χ3n) is 5.24. The van der Waals surface area contributed by atoms with E-state index in [0.717, 1.165) is 25.0 Å². The van der Waals surface area contributed by atoms with Crippen molar-refractivity contribution in [1.82, 2.24) is 15.1 Å². The van der Waals surface area contributed by atoms with E-state index in [9.17, 15) is 9.59 Å². The standard InChI is InChI=1S/C15H19N3O3/c1-18-13(2-3-16-18)9-5-10(9)14(19)17-12-6-8(12)7-4-11(7)15(20)21/h2-3,7-12H,4-6H2,1H3,(H,17,19)(H,20,21)/t7-,8+,9+,10+,11-,12+/m0/s1. The van der Waals surface area contributed by atoms with Crippen LogP contribution in [-0.2, 0) is 16.6 Å². The number of aryl methyl sites for hydroxylation is 1. The molecule has 3 fully saturated rings. The monoisotopic (exact) mass is 289 g/mol. The second-order valence-corrected chi connectivity index (χ2v) is 6.69. The number of hydrogen-bond acceptors (Lipinski definition) is 3. The molecule has 6 atom stereocenters. The van der Waals surface area contributed by atoms with Gasteiger partial charge in [0.05, 0.1) is 5.92 Å². The van der Waals surface area contributed by atoms with Gasteiger partial charge in [-0.25, -0.2) is 0 Å². The predicted molar refractivity (Wildman–Crippen MR) is 73.3 cm³/mol. The number of aromatic nitrogens is 2. The second kappa shape index (κ2) is 4.32. The molecule has 0 aromatic carbocycles. The van der Waals surface area contributed by atoms with Crippen LogP contribution in [0.1, 0.15) is 30.9 Å². The Kier molecular flexibility index (Phi) is 2.65. The van der Waals surface area contributed by atoms with E-state index in [1.165, 1.54) is 0 Å². The SMILES string of the molecule is Cn1nccc1[C@@H]1C[C@H]1C(=O)N[C@@H]1C[C@@H]1[C@@H]1C[C@@H]1C(=O)O. The van der Waals surface area contributed by atoms with Crippen LogP contribution < -0.4 is 5.32 Å². The van der Waals surface area contributed by atoms with Gasteiger partial charge in [-0.2, -0.15) is 5.10 Å². The zero-order valence-electron chi connectivity index (χ0n) is 11.9. The van der Waals surface area contributed by atoms with Gasteiger partial charge in [-0.05, 0) is 37.2 Å². The maximum absolute atomic E-state index is 12.2. The Morgan fingerprint density at radius 1 is 1.29 bits per heavy atom. The van der Waals surface area contributed by atoms with Gasteiger partial charge in [0.2, 0.25) is 5.91 Å². The highest BCUT2D eigenvalue weighted by Gasteiger charge is 2.57. The number of hydrogen-bond donors (Lipinski definition) is 2. The lowest BCUT2D eigenvalue weighted by atomic mass is 10.2. The predicted octanol–water partition coefficient (Wildman–Crippen LogP) is 0.749. The molecule has 2 N–H and O–H groups in total. The first-order valence-electron chi connectivity index (χ1n) is 7.57. The summed E-state index contributed by atoms with van der Waals surface area (Å²) in [6, 6.07) is 2.18. The molecule has 21 heavy (non-hydrogen) atoms. The molecule has 3 aliphatic rings. The number of carbonyl (C=O) groups is 2. The lowest BCUT2D eigenvalue weighted by Crippen LogP contribution is -2.29. The van der Waals surface area contributed by atoms with Crippen LogP contribution >= 0.6 is 0 Å². The van der Waals surface area contributed by atoms with E-state index in [-0.39, 0.29) is 23.8 Å². The summed E-state index contributed by atoms with van der Waals surface area (Å²) in [5.41, 5.74) is 1.12. The fourth-order valence-electron chi connectivity index (χ4n) is 3.67. The van der Waals surface area contributed by atoms with Crippen LogP contribution in [0.15, 0.2) is 12.3 Å². The van der Waals surface area contributed by atoms with Crippen molar-refractivity contribution in [1.29, 1.82) is 0 Å². The molecule has 0 unspecified atom stereocenters. The van der Waals surface area contributed by atoms with Gasteiger partial charge in [-0.3, -0.25) is 14.3 Å². The van der Waals surface area contributed by atoms with E-state index >= 15 is 0 Å². The van der Waals surface area contributed by atoms with Crippen LogP contribution in [0.3, 0.4) is 0 Å². The van der Waals surface area contributed by atoms with E-state index in [1.54, 1.807) is 6.20 Å². The van der Waals surface area contributed by atoms with Crippen molar-refractivity contribution in [3.8, 4) is 0 Å². The van der Waals surface area contributed by atoms with Gasteiger partial charge >= 0.3 is 5.97 Å². The number of nitrogens with zero attached hydrogens (tertiary/aromatic N) is 2. The Hall–Kier alpha value is -1.85. The molecule has 6 heteroatoms. The highest BCUT2D eigenvalue weighted by molar-refractivity contribution is 5.83. The number of carbonyl (C=O) groups excluding carboxylic acids is 1. The fourth-order valence-corrected chi connectivity index (χ4v) is 3.67. The first-order chi connectivity index (χ1) is 10.1. The topological polar surface area (TPSA) is 84.2 Å². The highest BCUT2D eigenvalue weighted by Crippen LogP contribution is 2.55. The summed E-state index contributed by atoms with van der Waals surface area (Å²) in [6.07, 6.45) is 4.39. The van der Waals surface area contributed by atoms with Crippen molar-refractivity contribution < 1.29 is 14.7 Å². The van der Waals surface area contributed by atoms with Gasteiger partial charge in [-0.1, -0.05) is 0 Å². The van der Waals surface area contributed by atoms with Gasteiger partial charge in [0.1, 0.15) is 0 Å². The fraction of sp³-hybridized carbons (Fsp3) is 0.667. The summed E-state index contributed by atoms with van der Waals surface area (Å²) in [6.45, 7) is 0. The van der Waals surface area contributed by atoms with E-state index in [2.05, 4.69) is 10.4 Å². The average Bonchev–Trinajstić information content (AvgIpc) is 3.29. The van der Waals surface area contributed by atoms with Gasteiger partial charge in [-0.15, -0.1) is 0 Å². The second-order valence-electron chi connectivity index (χ2n) is 6.69. The van der Waals surface area contributed by atoms with Crippen LogP contribution in [0.2, 0.25) is 0 Å². The third kappa shape index (κ3) is 2.22. The van der Waals surface area contributed by atoms with Crippen LogP contribution in [-0.4, -0.2) is 32.8 Å². The van der Waals surface area contributed by atoms with Gasteiger partial charge in [0.15, 0.2) is 0 Å². The quantitative estimate of drug-likeness (QED) is 0.837. The van der Waals surface area contributed by atoms with Crippen LogP contribution in [0, 0.1) is 23.7 Å². The molecule has 0 spiro atoms. The summed E-state index contributed by atoms with van der Waals surface area (Å²) < 4.78 is 1.83. The molecule has 3 aliphatic carbocycles. The van der Waals surface area contributed by atoms with Crippen molar-refractivity contribution in [3.63, 3.8) is 0 Å². The lowest BCUT2D eigenvalue weighted by molar-refractivity contribution is -0.138. The minimum absolute atomic E-state index is 0.0659. The third-order valence-corrected chi connectivity index (χ3v) is 5.24. The molecule has 6 nitrogen and oxygen atoms in total. The molecule has 1 aromatic rings. The maximum Gasteiger partial charge on any atom is 0.306 e. The molecule has 0 bridgehead atoms. The molecule has 112 valence electrons. The minimum atomic E-state index is -0.685. The lowest BCUT2D eigenvalue weighted by Gasteiger charge is -2.04. The molecule has 3 saturated carbocycles. The molecule has 0 saturated heterocycles. The van der Waals surface area contributed by atoms with E-state index < -0.39 is 5.97 Å². The summed E-state index contributed by atoms with van der Waals surface area (Å²) in [4.78, 5) is 23.1. The van der Waals surface area contributed by atoms with Crippen LogP contribution in [0.4, 0.5) is 0 Å². The first-order valence-corrected chi connectivity index (χ1v) is 7.57. The molecule has 1 amide bonds. The molecular weight excluding hydrogens is 270 g/mol. The summed E-state index contributed by atoms with van der Waals surface area (Å²) >= 11 is 0. The number of carboxylic acids is 1. The Labute approximate surface area is 122 Å². The maximum atomic E-state index is 12.2. The van der Waals surface area contributed by atoms with Crippen LogP contribution in [0.5, 0.6) is 0 Å². The minimum Gasteiger partial charge on any atom is -0.481 e. The first kappa shape index (κ1) is 12.9. The van der Waals surface area contributed by atoms with E-state index in [1.807, 2.05) is 17.8 Å². The van der Waals surface area contributed by atoms with Gasteiger partial charge in [0.25, 0.3) is 0 Å². The summed E-state index contributed by atoms with van der Waals surface area (Å²) in [7, 11) is 1.90. The Balaban J connectivity index is 1.27. The van der Waals surface area contributed by atoms with E-state index in [0.29, 0.717) is 17.8 Å². The summed E-state index contributed by atoms with van der Waals surface area (Å²) in [5, 5.41) is 16.2. The smallest absolute Gasteiger partial charge is 0.306 e. The Morgan fingerprint density at radius 2 is 2.10 bits per heavy atom. The normalized spacial score (nSPS) is 39.7. The van der Waals surface area contributed by atoms with Crippen molar-refractivity contribution in [2.75, 3.05) is 0 Å².